The fourth-order valence-electron chi connectivity index (χ4n) is 1.84. The maximum atomic E-state index is 5.67. The van der Waals surface area contributed by atoms with Gasteiger partial charge in [0.05, 0.1) is 16.4 Å². The minimum absolute atomic E-state index is 0.00257. The number of nitrogens with two attached hydrogens (primary N) is 1. The highest BCUT2D eigenvalue weighted by atomic mass is 79.9. The van der Waals surface area contributed by atoms with Crippen molar-refractivity contribution < 1.29 is 4.74 Å². The van der Waals surface area contributed by atoms with Gasteiger partial charge in [-0.05, 0) is 57.1 Å². The van der Waals surface area contributed by atoms with E-state index in [0.717, 1.165) is 33.7 Å². The van der Waals surface area contributed by atoms with Crippen LogP contribution in [0.5, 0.6) is 5.75 Å². The zero-order valence-electron chi connectivity index (χ0n) is 10.7. The number of hydrogen-bond donors (Lipinski definition) is 2. The molecule has 1 aromatic carbocycles. The van der Waals surface area contributed by atoms with Crippen molar-refractivity contribution in [2.75, 3.05) is 6.61 Å². The van der Waals surface area contributed by atoms with E-state index in [1.54, 1.807) is 11.3 Å². The van der Waals surface area contributed by atoms with Crippen LogP contribution >= 0.6 is 27.3 Å². The Balaban J connectivity index is 2.15. The number of nitrogens with one attached hydrogen (secondary N) is 1. The van der Waals surface area contributed by atoms with Gasteiger partial charge in [-0.3, -0.25) is 5.84 Å². The first-order chi connectivity index (χ1) is 9.24. The Morgan fingerprint density at radius 1 is 1.32 bits per heavy atom. The van der Waals surface area contributed by atoms with Gasteiger partial charge in [0.25, 0.3) is 0 Å². The molecule has 0 spiro atoms. The lowest BCUT2D eigenvalue weighted by Gasteiger charge is -2.15. The molecule has 0 saturated carbocycles. The summed E-state index contributed by atoms with van der Waals surface area (Å²) in [5, 5.41) is 2.09. The molecule has 1 heterocycles. The zero-order valence-corrected chi connectivity index (χ0v) is 13.1. The summed E-state index contributed by atoms with van der Waals surface area (Å²) in [5.41, 5.74) is 5.13. The van der Waals surface area contributed by atoms with Crippen molar-refractivity contribution in [3.63, 3.8) is 0 Å². The molecule has 0 radical (unpaired) electrons. The van der Waals surface area contributed by atoms with Crippen molar-refractivity contribution in [1.82, 2.24) is 5.43 Å². The van der Waals surface area contributed by atoms with Gasteiger partial charge in [0.1, 0.15) is 5.75 Å². The van der Waals surface area contributed by atoms with Crippen LogP contribution in [0, 0.1) is 0 Å². The summed E-state index contributed by atoms with van der Waals surface area (Å²) >= 11 is 5.13. The van der Waals surface area contributed by atoms with Crippen molar-refractivity contribution in [2.24, 2.45) is 5.84 Å². The van der Waals surface area contributed by atoms with Crippen LogP contribution in [0.15, 0.2) is 39.5 Å². The normalized spacial score (nSPS) is 12.4. The first-order valence-electron chi connectivity index (χ1n) is 6.17. The van der Waals surface area contributed by atoms with E-state index in [4.69, 9.17) is 10.6 Å². The molecule has 0 bridgehead atoms. The topological polar surface area (TPSA) is 47.3 Å². The SMILES string of the molecule is CCCOc1ccc(C(NN)c2csc(Br)c2)cc1. The summed E-state index contributed by atoms with van der Waals surface area (Å²) < 4.78 is 6.68. The number of thiophene rings is 1. The molecule has 3 nitrogen and oxygen atoms in total. The Kier molecular flexibility index (Phi) is 5.39. The number of hydrazine groups is 1. The highest BCUT2D eigenvalue weighted by molar-refractivity contribution is 9.11. The summed E-state index contributed by atoms with van der Waals surface area (Å²) in [6, 6.07) is 10.1. The molecule has 5 heteroatoms. The Labute approximate surface area is 125 Å². The molecule has 1 atom stereocenters. The molecule has 0 aliphatic rings. The third-order valence-electron chi connectivity index (χ3n) is 2.77. The standard InChI is InChI=1S/C14H17BrN2OS/c1-2-7-18-12-5-3-10(4-6-12)14(17-16)11-8-13(15)19-9-11/h3-6,8-9,14,17H,2,7,16H2,1H3. The minimum atomic E-state index is 0.00257. The third-order valence-corrected chi connectivity index (χ3v) is 4.30. The van der Waals surface area contributed by atoms with E-state index in [2.05, 4.69) is 39.7 Å². The van der Waals surface area contributed by atoms with Gasteiger partial charge >= 0.3 is 0 Å². The van der Waals surface area contributed by atoms with Crippen molar-refractivity contribution in [1.29, 1.82) is 0 Å². The molecule has 0 aliphatic carbocycles. The second-order valence-corrected chi connectivity index (χ2v) is 6.49. The Hall–Kier alpha value is -0.880. The van der Waals surface area contributed by atoms with Crippen molar-refractivity contribution >= 4 is 27.3 Å². The van der Waals surface area contributed by atoms with Crippen molar-refractivity contribution in [3.05, 3.63) is 50.6 Å². The van der Waals surface area contributed by atoms with E-state index in [9.17, 15) is 0 Å². The third kappa shape index (κ3) is 3.79. The first kappa shape index (κ1) is 14.5. The summed E-state index contributed by atoms with van der Waals surface area (Å²) in [4.78, 5) is 0. The monoisotopic (exact) mass is 340 g/mol. The van der Waals surface area contributed by atoms with Crippen LogP contribution in [-0.2, 0) is 0 Å². The quantitative estimate of drug-likeness (QED) is 0.620. The lowest BCUT2D eigenvalue weighted by molar-refractivity contribution is 0.317. The number of halogens is 1. The molecule has 102 valence electrons. The number of hydrogen-bond acceptors (Lipinski definition) is 4. The fraction of sp³-hybridized carbons (Fsp3) is 0.286. The Morgan fingerprint density at radius 3 is 2.58 bits per heavy atom. The van der Waals surface area contributed by atoms with Crippen LogP contribution in [0.4, 0.5) is 0 Å². The fourth-order valence-corrected chi connectivity index (χ4v) is 3.04. The predicted molar refractivity (Wildman–Crippen MR) is 83.4 cm³/mol. The van der Waals surface area contributed by atoms with Gasteiger partial charge in [-0.15, -0.1) is 11.3 Å². The van der Waals surface area contributed by atoms with Crippen LogP contribution in [0.25, 0.3) is 0 Å². The van der Waals surface area contributed by atoms with Crippen molar-refractivity contribution in [3.8, 4) is 5.75 Å². The Morgan fingerprint density at radius 2 is 2.05 bits per heavy atom. The average Bonchev–Trinajstić information content (AvgIpc) is 2.85. The molecule has 2 rings (SSSR count). The van der Waals surface area contributed by atoms with E-state index in [1.165, 1.54) is 0 Å². The van der Waals surface area contributed by atoms with E-state index in [1.807, 2.05) is 24.3 Å². The number of rotatable bonds is 6. The van der Waals surface area contributed by atoms with Gasteiger partial charge in [0.15, 0.2) is 0 Å². The number of ether oxygens (including phenoxy) is 1. The van der Waals surface area contributed by atoms with Gasteiger partial charge in [-0.1, -0.05) is 19.1 Å². The zero-order chi connectivity index (χ0) is 13.7. The molecule has 1 aromatic heterocycles. The second kappa shape index (κ2) is 7.05. The van der Waals surface area contributed by atoms with Crippen molar-refractivity contribution in [2.45, 2.75) is 19.4 Å². The van der Waals surface area contributed by atoms with Crippen LogP contribution in [0.3, 0.4) is 0 Å². The summed E-state index contributed by atoms with van der Waals surface area (Å²) in [5.74, 6) is 6.57. The maximum absolute atomic E-state index is 5.67. The van der Waals surface area contributed by atoms with Crippen LogP contribution < -0.4 is 16.0 Å². The van der Waals surface area contributed by atoms with Gasteiger partial charge in [-0.25, -0.2) is 5.43 Å². The smallest absolute Gasteiger partial charge is 0.119 e. The van der Waals surface area contributed by atoms with E-state index in [0.29, 0.717) is 0 Å². The summed E-state index contributed by atoms with van der Waals surface area (Å²) in [6.07, 6.45) is 1.01. The summed E-state index contributed by atoms with van der Waals surface area (Å²) in [7, 11) is 0. The summed E-state index contributed by atoms with van der Waals surface area (Å²) in [6.45, 7) is 2.84. The predicted octanol–water partition coefficient (Wildman–Crippen LogP) is 3.85. The minimum Gasteiger partial charge on any atom is -0.494 e. The van der Waals surface area contributed by atoms with Crippen LogP contribution in [-0.4, -0.2) is 6.61 Å². The van der Waals surface area contributed by atoms with Crippen LogP contribution in [0.2, 0.25) is 0 Å². The largest absolute Gasteiger partial charge is 0.494 e. The lowest BCUT2D eigenvalue weighted by atomic mass is 10.0. The van der Waals surface area contributed by atoms with Gasteiger partial charge < -0.3 is 4.74 Å². The highest BCUT2D eigenvalue weighted by Crippen LogP contribution is 2.29. The molecule has 0 amide bonds. The molecule has 0 aliphatic heterocycles. The molecule has 0 fully saturated rings. The lowest BCUT2D eigenvalue weighted by Crippen LogP contribution is -2.28. The van der Waals surface area contributed by atoms with Gasteiger partial charge in [0, 0.05) is 0 Å². The van der Waals surface area contributed by atoms with Gasteiger partial charge in [-0.2, -0.15) is 0 Å². The molecular weight excluding hydrogens is 324 g/mol. The highest BCUT2D eigenvalue weighted by Gasteiger charge is 2.13. The van der Waals surface area contributed by atoms with Crippen LogP contribution in [0.1, 0.15) is 30.5 Å². The van der Waals surface area contributed by atoms with E-state index >= 15 is 0 Å². The molecule has 1 unspecified atom stereocenters. The maximum Gasteiger partial charge on any atom is 0.119 e. The first-order valence-corrected chi connectivity index (χ1v) is 7.84. The molecule has 0 saturated heterocycles. The van der Waals surface area contributed by atoms with E-state index < -0.39 is 0 Å². The number of benzene rings is 1. The van der Waals surface area contributed by atoms with E-state index in [-0.39, 0.29) is 6.04 Å². The molecule has 3 N–H and O–H groups in total. The second-order valence-electron chi connectivity index (χ2n) is 4.20. The molecule has 2 aromatic rings. The average molecular weight is 341 g/mol. The molecule has 19 heavy (non-hydrogen) atoms. The Bertz CT molecular complexity index is 512. The molecular formula is C14H17BrN2OS. The van der Waals surface area contributed by atoms with Gasteiger partial charge in [0.2, 0.25) is 0 Å².